The van der Waals surface area contributed by atoms with E-state index < -0.39 is 7.80 Å². The van der Waals surface area contributed by atoms with Crippen LogP contribution in [0.3, 0.4) is 0 Å². The lowest BCUT2D eigenvalue weighted by Gasteiger charge is -1.91. The Bertz CT molecular complexity index is 146. The van der Waals surface area contributed by atoms with E-state index in [-0.39, 0.29) is 18.7 Å². The van der Waals surface area contributed by atoms with E-state index in [0.29, 0.717) is 6.16 Å². The summed E-state index contributed by atoms with van der Waals surface area (Å²) in [6.07, 6.45) is 0.761. The summed E-state index contributed by atoms with van der Waals surface area (Å²) in [6.45, 7) is 0. The van der Waals surface area contributed by atoms with Gasteiger partial charge in [0.05, 0.1) is 13.5 Å². The van der Waals surface area contributed by atoms with Gasteiger partial charge in [-0.15, -0.1) is 0 Å². The number of rotatable bonds is 5. The minimum atomic E-state index is -1.39. The number of esters is 1. The van der Waals surface area contributed by atoms with Gasteiger partial charge in [0.15, 0.2) is 6.16 Å². The minimum Gasteiger partial charge on any atom is -0.469 e. The highest BCUT2D eigenvalue weighted by atomic mass is 31.1. The topological polar surface area (TPSA) is 52.6 Å². The van der Waals surface area contributed by atoms with E-state index in [4.69, 9.17) is 0 Å². The largest absolute Gasteiger partial charge is 0.469 e. The first kappa shape index (κ1) is 10.5. The van der Waals surface area contributed by atoms with Crippen LogP contribution in [0.5, 0.6) is 0 Å². The van der Waals surface area contributed by atoms with Gasteiger partial charge in [-0.1, -0.05) is 4.57 Å². The van der Waals surface area contributed by atoms with Gasteiger partial charge in [-0.25, -0.2) is 0 Å². The van der Waals surface area contributed by atoms with Crippen molar-refractivity contribution in [1.29, 1.82) is 0 Å². The van der Waals surface area contributed by atoms with Gasteiger partial charge in [0.25, 0.3) is 0 Å². The fourth-order valence-corrected chi connectivity index (χ4v) is 1.38. The van der Waals surface area contributed by atoms with Gasteiger partial charge in [-0.3, -0.25) is 4.79 Å². The molecule has 0 spiro atoms. The Morgan fingerprint density at radius 1 is 1.45 bits per heavy atom. The van der Waals surface area contributed by atoms with Crippen LogP contribution in [0, 0.1) is 0 Å². The third-order valence-corrected chi connectivity index (χ3v) is 2.33. The SMILES string of the molecule is COC[P+](=O)CCC(=O)OC. The first-order chi connectivity index (χ1) is 5.20. The lowest BCUT2D eigenvalue weighted by atomic mass is 10.5. The zero-order valence-corrected chi connectivity index (χ0v) is 7.60. The van der Waals surface area contributed by atoms with E-state index >= 15 is 0 Å². The highest BCUT2D eigenvalue weighted by Gasteiger charge is 2.16. The molecule has 0 aromatic rings. The zero-order chi connectivity index (χ0) is 8.69. The van der Waals surface area contributed by atoms with Gasteiger partial charge in [0.1, 0.15) is 0 Å². The summed E-state index contributed by atoms with van der Waals surface area (Å²) in [5.74, 6) is -0.329. The van der Waals surface area contributed by atoms with Crippen molar-refractivity contribution in [2.24, 2.45) is 0 Å². The maximum absolute atomic E-state index is 10.9. The van der Waals surface area contributed by atoms with E-state index in [0.717, 1.165) is 0 Å². The molecule has 0 saturated heterocycles. The molecule has 1 unspecified atom stereocenters. The molecule has 0 aromatic heterocycles. The zero-order valence-electron chi connectivity index (χ0n) is 6.70. The van der Waals surface area contributed by atoms with Crippen molar-refractivity contribution in [2.75, 3.05) is 26.7 Å². The van der Waals surface area contributed by atoms with Gasteiger partial charge >= 0.3 is 13.8 Å². The summed E-state index contributed by atoms with van der Waals surface area (Å²) in [4.78, 5) is 10.5. The van der Waals surface area contributed by atoms with Crippen LogP contribution >= 0.6 is 7.80 Å². The molecule has 4 nitrogen and oxygen atoms in total. The molecule has 0 aliphatic rings. The molecule has 0 heterocycles. The Hall–Kier alpha value is -0.470. The summed E-state index contributed by atoms with van der Waals surface area (Å²) in [5, 5.41) is 0. The minimum absolute atomic E-state index is 0.203. The molecule has 0 radical (unpaired) electrons. The molecule has 0 N–H and O–H groups in total. The van der Waals surface area contributed by atoms with E-state index in [9.17, 15) is 9.36 Å². The lowest BCUT2D eigenvalue weighted by molar-refractivity contribution is -0.140. The molecule has 0 aromatic carbocycles. The van der Waals surface area contributed by atoms with E-state index in [1.165, 1.54) is 14.2 Å². The summed E-state index contributed by atoms with van der Waals surface area (Å²) in [6, 6.07) is 0. The van der Waals surface area contributed by atoms with Crippen molar-refractivity contribution in [3.8, 4) is 0 Å². The quantitative estimate of drug-likeness (QED) is 0.466. The van der Waals surface area contributed by atoms with Crippen molar-refractivity contribution in [1.82, 2.24) is 0 Å². The van der Waals surface area contributed by atoms with Gasteiger partial charge in [0, 0.05) is 7.11 Å². The van der Waals surface area contributed by atoms with Crippen molar-refractivity contribution < 1.29 is 18.8 Å². The van der Waals surface area contributed by atoms with Crippen LogP contribution in [0.25, 0.3) is 0 Å². The molecule has 0 aliphatic heterocycles. The summed E-state index contributed by atoms with van der Waals surface area (Å²) < 4.78 is 19.9. The van der Waals surface area contributed by atoms with Crippen LogP contribution in [0.4, 0.5) is 0 Å². The highest BCUT2D eigenvalue weighted by molar-refractivity contribution is 7.44. The smallest absolute Gasteiger partial charge is 0.367 e. The van der Waals surface area contributed by atoms with Crippen LogP contribution in [-0.4, -0.2) is 32.7 Å². The molecule has 0 bridgehead atoms. The second-order valence-electron chi connectivity index (χ2n) is 1.95. The average molecular weight is 179 g/mol. The number of hydrogen-bond donors (Lipinski definition) is 0. The normalized spacial score (nSPS) is 10.9. The van der Waals surface area contributed by atoms with Crippen LogP contribution in [0.1, 0.15) is 6.42 Å². The van der Waals surface area contributed by atoms with Gasteiger partial charge in [0.2, 0.25) is 6.35 Å². The van der Waals surface area contributed by atoms with Gasteiger partial charge in [-0.2, -0.15) is 0 Å². The maximum Gasteiger partial charge on any atom is 0.367 e. The molecule has 0 aliphatic carbocycles. The third-order valence-electron chi connectivity index (χ3n) is 1.07. The number of carbonyl (C=O) groups is 1. The Kier molecular flexibility index (Phi) is 5.99. The second kappa shape index (κ2) is 6.25. The fourth-order valence-electron chi connectivity index (χ4n) is 0.527. The van der Waals surface area contributed by atoms with Crippen LogP contribution in [0.15, 0.2) is 0 Å². The monoisotopic (exact) mass is 179 g/mol. The summed E-state index contributed by atoms with van der Waals surface area (Å²) in [5.41, 5.74) is 0. The summed E-state index contributed by atoms with van der Waals surface area (Å²) in [7, 11) is 1.40. The Balaban J connectivity index is 3.38. The fraction of sp³-hybridized carbons (Fsp3) is 0.833. The van der Waals surface area contributed by atoms with Crippen molar-refractivity contribution in [3.63, 3.8) is 0 Å². The predicted octanol–water partition coefficient (Wildman–Crippen LogP) is 0.981. The first-order valence-electron chi connectivity index (χ1n) is 3.18. The number of carbonyl (C=O) groups excluding carboxylic acids is 1. The Labute approximate surface area is 66.7 Å². The Morgan fingerprint density at radius 3 is 2.55 bits per heavy atom. The molecule has 0 fully saturated rings. The van der Waals surface area contributed by atoms with Crippen LogP contribution in [0.2, 0.25) is 0 Å². The number of ether oxygens (including phenoxy) is 2. The molecule has 0 amide bonds. The molecular weight excluding hydrogens is 167 g/mol. The molecule has 1 atom stereocenters. The number of hydrogen-bond acceptors (Lipinski definition) is 4. The third kappa shape index (κ3) is 5.95. The van der Waals surface area contributed by atoms with Crippen LogP contribution < -0.4 is 0 Å². The van der Waals surface area contributed by atoms with E-state index in [1.807, 2.05) is 0 Å². The lowest BCUT2D eigenvalue weighted by Crippen LogP contribution is -2.01. The number of methoxy groups -OCH3 is 2. The van der Waals surface area contributed by atoms with E-state index in [2.05, 4.69) is 9.47 Å². The molecular formula is C6H12O4P+. The highest BCUT2D eigenvalue weighted by Crippen LogP contribution is 2.20. The van der Waals surface area contributed by atoms with Crippen LogP contribution in [-0.2, 0) is 18.8 Å². The maximum atomic E-state index is 10.9. The van der Waals surface area contributed by atoms with Gasteiger partial charge < -0.3 is 9.47 Å². The average Bonchev–Trinajstić information content (AvgIpc) is 2.01. The van der Waals surface area contributed by atoms with Crippen molar-refractivity contribution in [2.45, 2.75) is 6.42 Å². The Morgan fingerprint density at radius 2 is 2.09 bits per heavy atom. The molecule has 5 heteroatoms. The first-order valence-corrected chi connectivity index (χ1v) is 4.81. The molecule has 11 heavy (non-hydrogen) atoms. The predicted molar refractivity (Wildman–Crippen MR) is 41.0 cm³/mol. The van der Waals surface area contributed by atoms with Crippen molar-refractivity contribution in [3.05, 3.63) is 0 Å². The second-order valence-corrected chi connectivity index (χ2v) is 3.62. The molecule has 64 valence electrons. The standard InChI is InChI=1S/C6H12O4P/c1-9-5-11(8)4-3-6(7)10-2/h3-5H2,1-2H3/q+1. The van der Waals surface area contributed by atoms with Gasteiger partial charge in [-0.05, 0) is 0 Å². The van der Waals surface area contributed by atoms with Crippen molar-refractivity contribution >= 4 is 13.8 Å². The summed E-state index contributed by atoms with van der Waals surface area (Å²) >= 11 is 0. The molecule has 0 saturated carbocycles. The molecule has 0 rings (SSSR count). The van der Waals surface area contributed by atoms with E-state index in [1.54, 1.807) is 0 Å².